The highest BCUT2D eigenvalue weighted by Crippen LogP contribution is 2.19. The van der Waals surface area contributed by atoms with Crippen LogP contribution in [0.25, 0.3) is 0 Å². The van der Waals surface area contributed by atoms with E-state index >= 15 is 0 Å². The standard InChI is InChI=1S/C15H32O/c1-5-13(2)8-6-9-14(3)10-7-11-15(4)12-16/h13-16H,5-12H2,1-4H3. The molecule has 0 aliphatic heterocycles. The fourth-order valence-corrected chi connectivity index (χ4v) is 2.07. The minimum atomic E-state index is 0.350. The molecule has 3 atom stereocenters. The van der Waals surface area contributed by atoms with Crippen LogP contribution in [0.4, 0.5) is 0 Å². The van der Waals surface area contributed by atoms with Crippen LogP contribution in [0, 0.1) is 17.8 Å². The molecule has 0 aromatic carbocycles. The molecule has 0 aliphatic carbocycles. The number of hydrogen-bond acceptors (Lipinski definition) is 1. The zero-order valence-corrected chi connectivity index (χ0v) is 11.8. The Labute approximate surface area is 103 Å². The van der Waals surface area contributed by atoms with Gasteiger partial charge in [0.25, 0.3) is 0 Å². The molecule has 0 fully saturated rings. The summed E-state index contributed by atoms with van der Waals surface area (Å²) < 4.78 is 0. The summed E-state index contributed by atoms with van der Waals surface area (Å²) in [5, 5.41) is 8.93. The molecule has 98 valence electrons. The van der Waals surface area contributed by atoms with Crippen LogP contribution in [-0.4, -0.2) is 11.7 Å². The van der Waals surface area contributed by atoms with Crippen molar-refractivity contribution in [1.29, 1.82) is 0 Å². The van der Waals surface area contributed by atoms with Crippen LogP contribution in [0.3, 0.4) is 0 Å². The van der Waals surface area contributed by atoms with E-state index in [1.54, 1.807) is 0 Å². The molecule has 0 saturated carbocycles. The summed E-state index contributed by atoms with van der Waals surface area (Å²) in [6.07, 6.45) is 9.31. The maximum atomic E-state index is 8.93. The SMILES string of the molecule is CCC(C)CCCC(C)CCCC(C)CO. The molecule has 0 saturated heterocycles. The van der Waals surface area contributed by atoms with E-state index in [1.165, 1.54) is 44.9 Å². The molecular weight excluding hydrogens is 196 g/mol. The highest BCUT2D eigenvalue weighted by molar-refractivity contribution is 4.58. The quantitative estimate of drug-likeness (QED) is 0.577. The zero-order chi connectivity index (χ0) is 12.4. The Hall–Kier alpha value is -0.0400. The van der Waals surface area contributed by atoms with E-state index in [1.807, 2.05) is 0 Å². The molecule has 1 heteroatoms. The van der Waals surface area contributed by atoms with E-state index in [0.29, 0.717) is 12.5 Å². The minimum Gasteiger partial charge on any atom is -0.396 e. The van der Waals surface area contributed by atoms with Crippen LogP contribution in [0.2, 0.25) is 0 Å². The lowest BCUT2D eigenvalue weighted by atomic mass is 9.93. The average Bonchev–Trinajstić information content (AvgIpc) is 2.28. The highest BCUT2D eigenvalue weighted by Gasteiger charge is 2.06. The predicted octanol–water partition coefficient (Wildman–Crippen LogP) is 4.64. The number of rotatable bonds is 10. The third kappa shape index (κ3) is 9.21. The van der Waals surface area contributed by atoms with Gasteiger partial charge in [-0.1, -0.05) is 66.2 Å². The molecule has 0 heterocycles. The predicted molar refractivity (Wildman–Crippen MR) is 72.6 cm³/mol. The van der Waals surface area contributed by atoms with Crippen molar-refractivity contribution in [2.75, 3.05) is 6.61 Å². The van der Waals surface area contributed by atoms with Crippen LogP contribution in [0.5, 0.6) is 0 Å². The lowest BCUT2D eigenvalue weighted by Gasteiger charge is -2.14. The number of aliphatic hydroxyl groups is 1. The van der Waals surface area contributed by atoms with Gasteiger partial charge in [0.05, 0.1) is 0 Å². The molecule has 1 N–H and O–H groups in total. The molecule has 0 radical (unpaired) electrons. The maximum absolute atomic E-state index is 8.93. The Bertz CT molecular complexity index is 128. The molecule has 0 bridgehead atoms. The van der Waals surface area contributed by atoms with Crippen LogP contribution in [-0.2, 0) is 0 Å². The lowest BCUT2D eigenvalue weighted by Crippen LogP contribution is -2.02. The summed E-state index contributed by atoms with van der Waals surface area (Å²) in [5.41, 5.74) is 0. The second kappa shape index (κ2) is 10.1. The van der Waals surface area contributed by atoms with Crippen LogP contribution in [0.15, 0.2) is 0 Å². The van der Waals surface area contributed by atoms with E-state index in [4.69, 9.17) is 5.11 Å². The van der Waals surface area contributed by atoms with Crippen molar-refractivity contribution in [2.24, 2.45) is 17.8 Å². The first-order valence-corrected chi connectivity index (χ1v) is 7.20. The Morgan fingerprint density at radius 2 is 1.19 bits per heavy atom. The second-order valence-electron chi connectivity index (χ2n) is 5.77. The van der Waals surface area contributed by atoms with Crippen LogP contribution >= 0.6 is 0 Å². The smallest absolute Gasteiger partial charge is 0.0456 e. The summed E-state index contributed by atoms with van der Waals surface area (Å²) in [6.45, 7) is 9.49. The zero-order valence-electron chi connectivity index (χ0n) is 11.8. The largest absolute Gasteiger partial charge is 0.396 e. The van der Waals surface area contributed by atoms with Crippen molar-refractivity contribution in [3.63, 3.8) is 0 Å². The van der Waals surface area contributed by atoms with Crippen molar-refractivity contribution in [3.05, 3.63) is 0 Å². The fraction of sp³-hybridized carbons (Fsp3) is 1.00. The summed E-state index contributed by atoms with van der Waals surface area (Å²) in [6, 6.07) is 0. The third-order valence-corrected chi connectivity index (χ3v) is 3.80. The van der Waals surface area contributed by atoms with Gasteiger partial charge in [0.1, 0.15) is 0 Å². The van der Waals surface area contributed by atoms with Gasteiger partial charge in [0.2, 0.25) is 0 Å². The van der Waals surface area contributed by atoms with Gasteiger partial charge in [-0.05, 0) is 24.2 Å². The summed E-state index contributed by atoms with van der Waals surface area (Å²) in [7, 11) is 0. The molecule has 3 unspecified atom stereocenters. The van der Waals surface area contributed by atoms with Gasteiger partial charge >= 0.3 is 0 Å². The molecule has 0 aromatic heterocycles. The van der Waals surface area contributed by atoms with Gasteiger partial charge in [-0.3, -0.25) is 0 Å². The van der Waals surface area contributed by atoms with Gasteiger partial charge in [-0.15, -0.1) is 0 Å². The average molecular weight is 228 g/mol. The van der Waals surface area contributed by atoms with Crippen molar-refractivity contribution in [1.82, 2.24) is 0 Å². The first-order chi connectivity index (χ1) is 7.60. The van der Waals surface area contributed by atoms with Crippen LogP contribution < -0.4 is 0 Å². The van der Waals surface area contributed by atoms with E-state index < -0.39 is 0 Å². The Kier molecular flexibility index (Phi) is 10.1. The van der Waals surface area contributed by atoms with Crippen LogP contribution in [0.1, 0.15) is 72.6 Å². The van der Waals surface area contributed by atoms with E-state index in [9.17, 15) is 0 Å². The van der Waals surface area contributed by atoms with Crippen molar-refractivity contribution in [3.8, 4) is 0 Å². The van der Waals surface area contributed by atoms with Gasteiger partial charge in [-0.2, -0.15) is 0 Å². The number of hydrogen-bond donors (Lipinski definition) is 1. The Morgan fingerprint density at radius 1 is 0.750 bits per heavy atom. The van der Waals surface area contributed by atoms with Gasteiger partial charge in [0, 0.05) is 6.61 Å². The van der Waals surface area contributed by atoms with Crippen molar-refractivity contribution in [2.45, 2.75) is 72.6 Å². The monoisotopic (exact) mass is 228 g/mol. The first-order valence-electron chi connectivity index (χ1n) is 7.20. The topological polar surface area (TPSA) is 20.2 Å². The third-order valence-electron chi connectivity index (χ3n) is 3.80. The first kappa shape index (κ1) is 16.0. The Balaban J connectivity index is 3.34. The highest BCUT2D eigenvalue weighted by atomic mass is 16.3. The summed E-state index contributed by atoms with van der Waals surface area (Å²) in [4.78, 5) is 0. The number of aliphatic hydroxyl groups excluding tert-OH is 1. The van der Waals surface area contributed by atoms with E-state index in [0.717, 1.165) is 11.8 Å². The molecular formula is C15H32O. The van der Waals surface area contributed by atoms with E-state index in [-0.39, 0.29) is 0 Å². The second-order valence-corrected chi connectivity index (χ2v) is 5.77. The van der Waals surface area contributed by atoms with Crippen molar-refractivity contribution < 1.29 is 5.11 Å². The van der Waals surface area contributed by atoms with Gasteiger partial charge in [-0.25, -0.2) is 0 Å². The molecule has 0 spiro atoms. The molecule has 0 aromatic rings. The normalized spacial score (nSPS) is 17.1. The molecule has 16 heavy (non-hydrogen) atoms. The van der Waals surface area contributed by atoms with Gasteiger partial charge < -0.3 is 5.11 Å². The molecule has 0 amide bonds. The van der Waals surface area contributed by atoms with Gasteiger partial charge in [0.15, 0.2) is 0 Å². The lowest BCUT2D eigenvalue weighted by molar-refractivity contribution is 0.225. The van der Waals surface area contributed by atoms with Crippen molar-refractivity contribution >= 4 is 0 Å². The fourth-order valence-electron chi connectivity index (χ4n) is 2.07. The minimum absolute atomic E-state index is 0.350. The molecule has 0 rings (SSSR count). The maximum Gasteiger partial charge on any atom is 0.0456 e. The van der Waals surface area contributed by atoms with E-state index in [2.05, 4.69) is 27.7 Å². The summed E-state index contributed by atoms with van der Waals surface area (Å²) in [5.74, 6) is 2.27. The molecule has 1 nitrogen and oxygen atoms in total. The molecule has 0 aliphatic rings. The summed E-state index contributed by atoms with van der Waals surface area (Å²) >= 11 is 0. The Morgan fingerprint density at radius 3 is 1.62 bits per heavy atom.